The minimum absolute atomic E-state index is 0.0101. The van der Waals surface area contributed by atoms with Crippen molar-refractivity contribution >= 4 is 16.9 Å². The second-order valence-electron chi connectivity index (χ2n) is 5.04. The number of likely N-dealkylation sites (tertiary alicyclic amines) is 1. The molecule has 1 aromatic carbocycles. The summed E-state index contributed by atoms with van der Waals surface area (Å²) in [6, 6.07) is 5.54. The van der Waals surface area contributed by atoms with Gasteiger partial charge in [0.2, 0.25) is 0 Å². The van der Waals surface area contributed by atoms with Crippen molar-refractivity contribution in [1.82, 2.24) is 14.5 Å². The van der Waals surface area contributed by atoms with Crippen molar-refractivity contribution in [3.8, 4) is 0 Å². The van der Waals surface area contributed by atoms with Crippen LogP contribution < -0.4 is 0 Å². The summed E-state index contributed by atoms with van der Waals surface area (Å²) in [5.41, 5.74) is 2.48. The summed E-state index contributed by atoms with van der Waals surface area (Å²) < 4.78 is 1.93. The molecule has 0 radical (unpaired) electrons. The van der Waals surface area contributed by atoms with E-state index < -0.39 is 0 Å². The molecule has 2 heterocycles. The number of amides is 1. The van der Waals surface area contributed by atoms with E-state index in [-0.39, 0.29) is 18.6 Å². The number of imidazole rings is 1. The fraction of sp³-hybridized carbons (Fsp3) is 0.429. The van der Waals surface area contributed by atoms with Crippen molar-refractivity contribution in [3.63, 3.8) is 0 Å². The Morgan fingerprint density at radius 3 is 3.16 bits per heavy atom. The van der Waals surface area contributed by atoms with E-state index in [2.05, 4.69) is 4.98 Å². The highest BCUT2D eigenvalue weighted by Crippen LogP contribution is 2.21. The second kappa shape index (κ2) is 4.66. The number of nitrogens with zero attached hydrogens (tertiary/aromatic N) is 3. The van der Waals surface area contributed by atoms with Gasteiger partial charge in [-0.05, 0) is 31.0 Å². The van der Waals surface area contributed by atoms with Crippen LogP contribution in [0.4, 0.5) is 0 Å². The molecule has 1 aliphatic rings. The molecule has 1 fully saturated rings. The largest absolute Gasteiger partial charge is 0.394 e. The molecule has 1 N–H and O–H groups in total. The lowest BCUT2D eigenvalue weighted by Crippen LogP contribution is -2.37. The number of aromatic nitrogens is 2. The number of aryl methyl sites for hydroxylation is 1. The number of benzene rings is 1. The Labute approximate surface area is 111 Å². The van der Waals surface area contributed by atoms with Crippen LogP contribution in [-0.2, 0) is 7.05 Å². The molecule has 3 rings (SSSR count). The third-order valence-corrected chi connectivity index (χ3v) is 3.82. The van der Waals surface area contributed by atoms with Gasteiger partial charge in [0.25, 0.3) is 5.91 Å². The number of aliphatic hydroxyl groups is 1. The molecule has 2 aromatic rings. The zero-order valence-corrected chi connectivity index (χ0v) is 10.9. The summed E-state index contributed by atoms with van der Waals surface area (Å²) in [6.07, 6.45) is 3.59. The van der Waals surface area contributed by atoms with E-state index in [9.17, 15) is 9.90 Å². The highest BCUT2D eigenvalue weighted by Gasteiger charge is 2.28. The van der Waals surface area contributed by atoms with E-state index >= 15 is 0 Å². The molecule has 1 amide bonds. The summed E-state index contributed by atoms with van der Waals surface area (Å²) in [7, 11) is 1.93. The molecule has 0 aliphatic carbocycles. The van der Waals surface area contributed by atoms with Gasteiger partial charge in [-0.3, -0.25) is 4.79 Å². The maximum Gasteiger partial charge on any atom is 0.254 e. The zero-order valence-electron chi connectivity index (χ0n) is 10.9. The monoisotopic (exact) mass is 259 g/mol. The van der Waals surface area contributed by atoms with Crippen molar-refractivity contribution in [1.29, 1.82) is 0 Å². The van der Waals surface area contributed by atoms with Crippen molar-refractivity contribution < 1.29 is 9.90 Å². The van der Waals surface area contributed by atoms with Crippen LogP contribution in [0.5, 0.6) is 0 Å². The average Bonchev–Trinajstić information content (AvgIpc) is 3.04. The van der Waals surface area contributed by atoms with E-state index in [4.69, 9.17) is 0 Å². The topological polar surface area (TPSA) is 58.4 Å². The quantitative estimate of drug-likeness (QED) is 0.880. The zero-order chi connectivity index (χ0) is 13.4. The second-order valence-corrected chi connectivity index (χ2v) is 5.04. The molecule has 19 heavy (non-hydrogen) atoms. The highest BCUT2D eigenvalue weighted by molar-refractivity contribution is 5.97. The molecule has 5 heteroatoms. The first-order valence-electron chi connectivity index (χ1n) is 6.53. The van der Waals surface area contributed by atoms with E-state index in [1.54, 1.807) is 11.2 Å². The molecular weight excluding hydrogens is 242 g/mol. The van der Waals surface area contributed by atoms with E-state index in [0.717, 1.165) is 30.4 Å². The van der Waals surface area contributed by atoms with Crippen molar-refractivity contribution in [2.75, 3.05) is 13.2 Å². The predicted molar refractivity (Wildman–Crippen MR) is 71.9 cm³/mol. The standard InChI is InChI=1S/C14H17N3O2/c1-16-9-15-12-7-10(4-5-13(12)16)14(19)17-6-2-3-11(17)8-18/h4-5,7,9,11,18H,2-3,6,8H2,1H3/t11-/m1/s1. The summed E-state index contributed by atoms with van der Waals surface area (Å²) in [4.78, 5) is 18.5. The first-order valence-corrected chi connectivity index (χ1v) is 6.53. The lowest BCUT2D eigenvalue weighted by molar-refractivity contribution is 0.0678. The van der Waals surface area contributed by atoms with Crippen molar-refractivity contribution in [2.24, 2.45) is 7.05 Å². The first kappa shape index (κ1) is 12.2. The Bertz CT molecular complexity index is 620. The van der Waals surface area contributed by atoms with Crippen LogP contribution in [0.2, 0.25) is 0 Å². The van der Waals surface area contributed by atoms with Gasteiger partial charge in [-0.15, -0.1) is 0 Å². The third-order valence-electron chi connectivity index (χ3n) is 3.82. The molecule has 1 aliphatic heterocycles. The molecule has 5 nitrogen and oxygen atoms in total. The molecule has 0 unspecified atom stereocenters. The van der Waals surface area contributed by atoms with Crippen LogP contribution >= 0.6 is 0 Å². The average molecular weight is 259 g/mol. The maximum absolute atomic E-state index is 12.4. The Hall–Kier alpha value is -1.88. The van der Waals surface area contributed by atoms with Gasteiger partial charge in [0, 0.05) is 19.2 Å². The first-order chi connectivity index (χ1) is 9.20. The SMILES string of the molecule is Cn1cnc2cc(C(=O)N3CCC[C@@H]3CO)ccc21. The van der Waals surface area contributed by atoms with Gasteiger partial charge in [-0.1, -0.05) is 0 Å². The van der Waals surface area contributed by atoms with Crippen LogP contribution in [0, 0.1) is 0 Å². The van der Waals surface area contributed by atoms with E-state index in [1.165, 1.54) is 0 Å². The van der Waals surface area contributed by atoms with Gasteiger partial charge < -0.3 is 14.6 Å². The number of hydrogen-bond donors (Lipinski definition) is 1. The molecular formula is C14H17N3O2. The summed E-state index contributed by atoms with van der Waals surface area (Å²) in [5.74, 6) is -0.0101. The van der Waals surface area contributed by atoms with Gasteiger partial charge in [-0.25, -0.2) is 4.98 Å². The molecule has 0 bridgehead atoms. The van der Waals surface area contributed by atoms with Crippen LogP contribution in [0.15, 0.2) is 24.5 Å². The smallest absolute Gasteiger partial charge is 0.254 e. The highest BCUT2D eigenvalue weighted by atomic mass is 16.3. The van der Waals surface area contributed by atoms with Gasteiger partial charge in [0.05, 0.1) is 30.0 Å². The summed E-state index contributed by atoms with van der Waals surface area (Å²) in [6.45, 7) is 0.766. The van der Waals surface area contributed by atoms with Crippen LogP contribution in [-0.4, -0.2) is 44.7 Å². The number of fused-ring (bicyclic) bond motifs is 1. The summed E-state index contributed by atoms with van der Waals surface area (Å²) in [5, 5.41) is 9.30. The summed E-state index contributed by atoms with van der Waals surface area (Å²) >= 11 is 0. The lowest BCUT2D eigenvalue weighted by atomic mass is 10.1. The molecule has 1 saturated heterocycles. The molecule has 100 valence electrons. The number of hydrogen-bond acceptors (Lipinski definition) is 3. The molecule has 1 atom stereocenters. The Morgan fingerprint density at radius 1 is 1.53 bits per heavy atom. The van der Waals surface area contributed by atoms with Gasteiger partial charge in [-0.2, -0.15) is 0 Å². The third kappa shape index (κ3) is 2.00. The van der Waals surface area contributed by atoms with Crippen molar-refractivity contribution in [3.05, 3.63) is 30.1 Å². The number of carbonyl (C=O) groups is 1. The number of rotatable bonds is 2. The Morgan fingerprint density at radius 2 is 2.37 bits per heavy atom. The van der Waals surface area contributed by atoms with Crippen molar-refractivity contribution in [2.45, 2.75) is 18.9 Å². The minimum Gasteiger partial charge on any atom is -0.394 e. The molecule has 1 aromatic heterocycles. The molecule has 0 saturated carbocycles. The predicted octanol–water partition coefficient (Wildman–Crippen LogP) is 1.17. The van der Waals surface area contributed by atoms with Crippen LogP contribution in [0.1, 0.15) is 23.2 Å². The van der Waals surface area contributed by atoms with Gasteiger partial charge in [0.1, 0.15) is 0 Å². The van der Waals surface area contributed by atoms with E-state index in [0.29, 0.717) is 5.56 Å². The number of aliphatic hydroxyl groups excluding tert-OH is 1. The molecule has 0 spiro atoms. The minimum atomic E-state index is -0.0353. The number of carbonyl (C=O) groups excluding carboxylic acids is 1. The fourth-order valence-corrected chi connectivity index (χ4v) is 2.73. The van der Waals surface area contributed by atoms with Crippen LogP contribution in [0.3, 0.4) is 0 Å². The lowest BCUT2D eigenvalue weighted by Gasteiger charge is -2.23. The Kier molecular flexibility index (Phi) is 2.98. The Balaban J connectivity index is 1.93. The van der Waals surface area contributed by atoms with E-state index in [1.807, 2.05) is 29.8 Å². The maximum atomic E-state index is 12.4. The van der Waals surface area contributed by atoms with Gasteiger partial charge in [0.15, 0.2) is 0 Å². The fourth-order valence-electron chi connectivity index (χ4n) is 2.73. The van der Waals surface area contributed by atoms with Gasteiger partial charge >= 0.3 is 0 Å². The normalized spacial score (nSPS) is 19.3. The van der Waals surface area contributed by atoms with Crippen LogP contribution in [0.25, 0.3) is 11.0 Å².